The summed E-state index contributed by atoms with van der Waals surface area (Å²) in [6.07, 6.45) is 0. The van der Waals surface area contributed by atoms with Crippen molar-refractivity contribution in [2.75, 3.05) is 19.0 Å². The van der Waals surface area contributed by atoms with E-state index in [2.05, 4.69) is 16.0 Å². The number of hydrogen-bond donors (Lipinski definition) is 0. The maximum atomic E-state index is 11.4. The summed E-state index contributed by atoms with van der Waals surface area (Å²) in [5.74, 6) is 0.0709. The molecular formula is C14H16N2O. The zero-order chi connectivity index (χ0) is 12.6. The molecule has 0 bridgehead atoms. The van der Waals surface area contributed by atoms with Gasteiger partial charge in [0.1, 0.15) is 0 Å². The SMILES string of the molecule is CC(=O)c1ccc2c(N(C)C)cc(C)nc2c1. The van der Waals surface area contributed by atoms with Gasteiger partial charge in [0.25, 0.3) is 0 Å². The standard InChI is InChI=1S/C14H16N2O/c1-9-7-14(16(3)4)12-6-5-11(10(2)17)8-13(12)15-9/h5-8H,1-4H3. The Balaban J connectivity index is 2.75. The molecular weight excluding hydrogens is 212 g/mol. The summed E-state index contributed by atoms with van der Waals surface area (Å²) in [5, 5.41) is 1.07. The van der Waals surface area contributed by atoms with Crippen LogP contribution < -0.4 is 4.90 Å². The molecule has 3 heteroatoms. The van der Waals surface area contributed by atoms with Crippen LogP contribution in [-0.2, 0) is 0 Å². The molecule has 0 aliphatic rings. The fourth-order valence-electron chi connectivity index (χ4n) is 1.93. The van der Waals surface area contributed by atoms with E-state index in [9.17, 15) is 4.79 Å². The average molecular weight is 228 g/mol. The third kappa shape index (κ3) is 2.13. The van der Waals surface area contributed by atoms with Crippen LogP contribution in [0.5, 0.6) is 0 Å². The summed E-state index contributed by atoms with van der Waals surface area (Å²) in [4.78, 5) is 17.9. The number of Topliss-reactive ketones (excluding diaryl/α,β-unsaturated/α-hetero) is 1. The zero-order valence-corrected chi connectivity index (χ0v) is 10.6. The maximum Gasteiger partial charge on any atom is 0.159 e. The van der Waals surface area contributed by atoms with Crippen molar-refractivity contribution < 1.29 is 4.79 Å². The summed E-state index contributed by atoms with van der Waals surface area (Å²) in [5.41, 5.74) is 3.67. The van der Waals surface area contributed by atoms with Crippen LogP contribution in [0.3, 0.4) is 0 Å². The molecule has 0 amide bonds. The van der Waals surface area contributed by atoms with Gasteiger partial charge in [-0.3, -0.25) is 9.78 Å². The van der Waals surface area contributed by atoms with Gasteiger partial charge in [-0.25, -0.2) is 0 Å². The molecule has 17 heavy (non-hydrogen) atoms. The van der Waals surface area contributed by atoms with Gasteiger partial charge in [-0.2, -0.15) is 0 Å². The molecule has 3 nitrogen and oxygen atoms in total. The number of rotatable bonds is 2. The van der Waals surface area contributed by atoms with Gasteiger partial charge in [-0.05, 0) is 32.0 Å². The monoisotopic (exact) mass is 228 g/mol. The molecule has 0 radical (unpaired) electrons. The third-order valence-corrected chi connectivity index (χ3v) is 2.80. The molecule has 1 aromatic carbocycles. The van der Waals surface area contributed by atoms with E-state index in [0.29, 0.717) is 5.56 Å². The van der Waals surface area contributed by atoms with Crippen LogP contribution in [0.1, 0.15) is 23.0 Å². The number of pyridine rings is 1. The Morgan fingerprint density at radius 2 is 1.94 bits per heavy atom. The van der Waals surface area contributed by atoms with Gasteiger partial charge in [0, 0.05) is 36.4 Å². The van der Waals surface area contributed by atoms with Crippen LogP contribution in [-0.4, -0.2) is 24.9 Å². The number of ketones is 1. The first-order chi connectivity index (χ1) is 7.99. The van der Waals surface area contributed by atoms with E-state index in [1.54, 1.807) is 6.92 Å². The minimum Gasteiger partial charge on any atom is -0.377 e. The van der Waals surface area contributed by atoms with E-state index in [4.69, 9.17) is 0 Å². The minimum absolute atomic E-state index is 0.0709. The highest BCUT2D eigenvalue weighted by Crippen LogP contribution is 2.26. The van der Waals surface area contributed by atoms with Crippen molar-refractivity contribution in [2.24, 2.45) is 0 Å². The highest BCUT2D eigenvalue weighted by molar-refractivity contribution is 6.00. The van der Waals surface area contributed by atoms with E-state index < -0.39 is 0 Å². The Morgan fingerprint density at radius 3 is 2.53 bits per heavy atom. The second-order valence-electron chi connectivity index (χ2n) is 4.47. The van der Waals surface area contributed by atoms with Gasteiger partial charge >= 0.3 is 0 Å². The predicted octanol–water partition coefficient (Wildman–Crippen LogP) is 2.81. The van der Waals surface area contributed by atoms with Gasteiger partial charge in [0.15, 0.2) is 5.78 Å². The average Bonchev–Trinajstić information content (AvgIpc) is 2.26. The topological polar surface area (TPSA) is 33.2 Å². The second kappa shape index (κ2) is 4.17. The van der Waals surface area contributed by atoms with Crippen LogP contribution in [0.2, 0.25) is 0 Å². The van der Waals surface area contributed by atoms with Crippen molar-refractivity contribution in [3.8, 4) is 0 Å². The lowest BCUT2D eigenvalue weighted by atomic mass is 10.1. The van der Waals surface area contributed by atoms with E-state index in [1.165, 1.54) is 0 Å². The summed E-state index contributed by atoms with van der Waals surface area (Å²) in [6.45, 7) is 3.54. The number of carbonyl (C=O) groups is 1. The van der Waals surface area contributed by atoms with E-state index >= 15 is 0 Å². The number of hydrogen-bond acceptors (Lipinski definition) is 3. The summed E-state index contributed by atoms with van der Waals surface area (Å²) >= 11 is 0. The first-order valence-electron chi connectivity index (χ1n) is 5.58. The molecule has 88 valence electrons. The summed E-state index contributed by atoms with van der Waals surface area (Å²) < 4.78 is 0. The quantitative estimate of drug-likeness (QED) is 0.741. The molecule has 2 aromatic rings. The number of aromatic nitrogens is 1. The molecule has 0 spiro atoms. The zero-order valence-electron chi connectivity index (χ0n) is 10.6. The number of aryl methyl sites for hydroxylation is 1. The molecule has 0 aliphatic heterocycles. The predicted molar refractivity (Wildman–Crippen MR) is 70.8 cm³/mol. The van der Waals surface area contributed by atoms with E-state index in [1.807, 2.05) is 39.2 Å². The van der Waals surface area contributed by atoms with Gasteiger partial charge < -0.3 is 4.90 Å². The Hall–Kier alpha value is -1.90. The number of fused-ring (bicyclic) bond motifs is 1. The Labute approximate surface area is 101 Å². The van der Waals surface area contributed by atoms with Crippen molar-refractivity contribution in [3.05, 3.63) is 35.5 Å². The molecule has 0 fully saturated rings. The number of nitrogens with zero attached hydrogens (tertiary/aromatic N) is 2. The lowest BCUT2D eigenvalue weighted by Crippen LogP contribution is -2.10. The highest BCUT2D eigenvalue weighted by Gasteiger charge is 2.08. The largest absolute Gasteiger partial charge is 0.377 e. The van der Waals surface area contributed by atoms with Crippen molar-refractivity contribution in [2.45, 2.75) is 13.8 Å². The molecule has 2 rings (SSSR count). The van der Waals surface area contributed by atoms with Crippen LogP contribution in [0.25, 0.3) is 10.9 Å². The second-order valence-corrected chi connectivity index (χ2v) is 4.47. The first kappa shape index (κ1) is 11.6. The summed E-state index contributed by atoms with van der Waals surface area (Å²) in [6, 6.07) is 7.73. The smallest absolute Gasteiger partial charge is 0.159 e. The van der Waals surface area contributed by atoms with Gasteiger partial charge in [0.2, 0.25) is 0 Å². The summed E-state index contributed by atoms with van der Waals surface area (Å²) in [7, 11) is 4.01. The van der Waals surface area contributed by atoms with Crippen molar-refractivity contribution in [1.29, 1.82) is 0 Å². The normalized spacial score (nSPS) is 10.6. The molecule has 0 saturated heterocycles. The van der Waals surface area contributed by atoms with Crippen LogP contribution in [0.15, 0.2) is 24.3 Å². The van der Waals surface area contributed by atoms with Gasteiger partial charge in [0.05, 0.1) is 5.52 Å². The van der Waals surface area contributed by atoms with Gasteiger partial charge in [-0.1, -0.05) is 6.07 Å². The number of anilines is 1. The lowest BCUT2D eigenvalue weighted by Gasteiger charge is -2.16. The van der Waals surface area contributed by atoms with E-state index in [-0.39, 0.29) is 5.78 Å². The fourth-order valence-corrected chi connectivity index (χ4v) is 1.93. The van der Waals surface area contributed by atoms with E-state index in [0.717, 1.165) is 22.3 Å². The number of benzene rings is 1. The lowest BCUT2D eigenvalue weighted by molar-refractivity contribution is 0.101. The Morgan fingerprint density at radius 1 is 1.24 bits per heavy atom. The fraction of sp³-hybridized carbons (Fsp3) is 0.286. The first-order valence-corrected chi connectivity index (χ1v) is 5.58. The van der Waals surface area contributed by atoms with Crippen LogP contribution in [0, 0.1) is 6.92 Å². The van der Waals surface area contributed by atoms with Gasteiger partial charge in [-0.15, -0.1) is 0 Å². The molecule has 0 unspecified atom stereocenters. The third-order valence-electron chi connectivity index (χ3n) is 2.80. The minimum atomic E-state index is 0.0709. The highest BCUT2D eigenvalue weighted by atomic mass is 16.1. The Kier molecular flexibility index (Phi) is 2.84. The number of carbonyl (C=O) groups excluding carboxylic acids is 1. The molecule has 1 aromatic heterocycles. The molecule has 0 atom stereocenters. The Bertz CT molecular complexity index is 588. The van der Waals surface area contributed by atoms with Crippen molar-refractivity contribution in [1.82, 2.24) is 4.98 Å². The van der Waals surface area contributed by atoms with Crippen molar-refractivity contribution >= 4 is 22.4 Å². The molecule has 0 saturated carbocycles. The molecule has 0 aliphatic carbocycles. The van der Waals surface area contributed by atoms with Crippen LogP contribution >= 0.6 is 0 Å². The molecule has 0 N–H and O–H groups in total. The maximum absolute atomic E-state index is 11.4. The van der Waals surface area contributed by atoms with Crippen molar-refractivity contribution in [3.63, 3.8) is 0 Å². The van der Waals surface area contributed by atoms with Crippen LogP contribution in [0.4, 0.5) is 5.69 Å². The molecule has 1 heterocycles.